The Bertz CT molecular complexity index is 453. The highest BCUT2D eigenvalue weighted by atomic mass is 32.1. The van der Waals surface area contributed by atoms with E-state index in [9.17, 15) is 10.1 Å². The van der Waals surface area contributed by atoms with Crippen molar-refractivity contribution in [2.24, 2.45) is 0 Å². The van der Waals surface area contributed by atoms with Crippen LogP contribution in [0.4, 0.5) is 10.1 Å². The van der Waals surface area contributed by atoms with Crippen LogP contribution in [0.2, 0.25) is 0 Å². The average Bonchev–Trinajstić information content (AvgIpc) is 2.86. The Morgan fingerprint density at radius 2 is 2.40 bits per heavy atom. The molecular weight excluding hydrogens is 236 g/mol. The molecule has 0 spiro atoms. The lowest BCUT2D eigenvalue weighted by Crippen LogP contribution is -1.96. The van der Waals surface area contributed by atoms with Gasteiger partial charge in [0.05, 0.1) is 11.5 Å². The maximum Gasteiger partial charge on any atom is 0.324 e. The zero-order valence-corrected chi connectivity index (χ0v) is 9.05. The summed E-state index contributed by atoms with van der Waals surface area (Å²) in [6.07, 6.45) is 0. The SMILES string of the molecule is O=[N+]([O-])c1ccc(CNc2nncs2)s1. The highest BCUT2D eigenvalue weighted by Crippen LogP contribution is 2.24. The van der Waals surface area contributed by atoms with E-state index in [2.05, 4.69) is 15.5 Å². The summed E-state index contributed by atoms with van der Waals surface area (Å²) in [6.45, 7) is 0.535. The van der Waals surface area contributed by atoms with Crippen LogP contribution in [-0.2, 0) is 6.54 Å². The summed E-state index contributed by atoms with van der Waals surface area (Å²) in [5, 5.41) is 21.8. The van der Waals surface area contributed by atoms with Crippen LogP contribution in [0.5, 0.6) is 0 Å². The molecule has 0 aliphatic carbocycles. The van der Waals surface area contributed by atoms with Crippen LogP contribution in [0.15, 0.2) is 17.6 Å². The number of rotatable bonds is 4. The Morgan fingerprint density at radius 1 is 1.53 bits per heavy atom. The van der Waals surface area contributed by atoms with Crippen molar-refractivity contribution in [1.29, 1.82) is 0 Å². The smallest absolute Gasteiger partial charge is 0.324 e. The van der Waals surface area contributed by atoms with E-state index in [0.29, 0.717) is 11.7 Å². The molecule has 0 saturated heterocycles. The zero-order valence-electron chi connectivity index (χ0n) is 7.41. The van der Waals surface area contributed by atoms with Crippen molar-refractivity contribution in [2.45, 2.75) is 6.54 Å². The van der Waals surface area contributed by atoms with Crippen molar-refractivity contribution in [2.75, 3.05) is 5.32 Å². The summed E-state index contributed by atoms with van der Waals surface area (Å²) < 4.78 is 0. The molecule has 2 aromatic rings. The number of anilines is 1. The lowest BCUT2D eigenvalue weighted by molar-refractivity contribution is -0.380. The van der Waals surface area contributed by atoms with Crippen LogP contribution < -0.4 is 5.32 Å². The predicted molar refractivity (Wildman–Crippen MR) is 58.2 cm³/mol. The lowest BCUT2D eigenvalue weighted by atomic mass is 10.4. The third-order valence-corrected chi connectivity index (χ3v) is 3.29. The first kappa shape index (κ1) is 9.99. The second-order valence-electron chi connectivity index (χ2n) is 2.59. The van der Waals surface area contributed by atoms with Gasteiger partial charge in [0.25, 0.3) is 0 Å². The monoisotopic (exact) mass is 242 g/mol. The van der Waals surface area contributed by atoms with Gasteiger partial charge in [0.1, 0.15) is 5.51 Å². The van der Waals surface area contributed by atoms with Gasteiger partial charge >= 0.3 is 5.00 Å². The van der Waals surface area contributed by atoms with E-state index in [0.717, 1.165) is 16.2 Å². The van der Waals surface area contributed by atoms with Crippen LogP contribution in [0, 0.1) is 10.1 Å². The Labute approximate surface area is 92.7 Å². The van der Waals surface area contributed by atoms with Gasteiger partial charge in [0.2, 0.25) is 5.13 Å². The third kappa shape index (κ3) is 2.48. The molecule has 0 aliphatic heterocycles. The Morgan fingerprint density at radius 3 is 3.00 bits per heavy atom. The normalized spacial score (nSPS) is 10.1. The number of nitrogens with zero attached hydrogens (tertiary/aromatic N) is 3. The van der Waals surface area contributed by atoms with Crippen molar-refractivity contribution in [3.63, 3.8) is 0 Å². The lowest BCUT2D eigenvalue weighted by Gasteiger charge is -1.96. The molecule has 0 amide bonds. The molecule has 15 heavy (non-hydrogen) atoms. The van der Waals surface area contributed by atoms with Crippen LogP contribution >= 0.6 is 22.7 Å². The zero-order chi connectivity index (χ0) is 10.7. The van der Waals surface area contributed by atoms with E-state index >= 15 is 0 Å². The number of thiophene rings is 1. The van der Waals surface area contributed by atoms with Crippen LogP contribution in [0.3, 0.4) is 0 Å². The highest BCUT2D eigenvalue weighted by Gasteiger charge is 2.09. The van der Waals surface area contributed by atoms with Crippen LogP contribution in [-0.4, -0.2) is 15.1 Å². The van der Waals surface area contributed by atoms with Crippen molar-refractivity contribution in [3.8, 4) is 0 Å². The van der Waals surface area contributed by atoms with Gasteiger partial charge in [0.15, 0.2) is 0 Å². The van der Waals surface area contributed by atoms with Gasteiger partial charge in [-0.3, -0.25) is 10.1 Å². The third-order valence-electron chi connectivity index (χ3n) is 1.60. The summed E-state index contributed by atoms with van der Waals surface area (Å²) in [4.78, 5) is 10.9. The topological polar surface area (TPSA) is 81.0 Å². The summed E-state index contributed by atoms with van der Waals surface area (Å²) in [7, 11) is 0. The first-order valence-corrected chi connectivity index (χ1v) is 5.68. The Kier molecular flexibility index (Phi) is 2.88. The highest BCUT2D eigenvalue weighted by molar-refractivity contribution is 7.15. The number of nitro groups is 1. The standard InChI is InChI=1S/C7H6N4O2S2/c12-11(13)6-2-1-5(15-6)3-8-7-10-9-4-14-7/h1-2,4H,3H2,(H,8,10). The number of aromatic nitrogens is 2. The van der Waals surface area contributed by atoms with Crippen molar-refractivity contribution >= 4 is 32.8 Å². The van der Waals surface area contributed by atoms with Crippen molar-refractivity contribution in [3.05, 3.63) is 32.6 Å². The summed E-state index contributed by atoms with van der Waals surface area (Å²) in [5.41, 5.74) is 1.62. The molecule has 0 atom stereocenters. The van der Waals surface area contributed by atoms with Gasteiger partial charge < -0.3 is 5.32 Å². The fourth-order valence-corrected chi connectivity index (χ4v) is 2.18. The molecule has 0 fully saturated rings. The van der Waals surface area contributed by atoms with E-state index in [-0.39, 0.29) is 9.92 Å². The molecule has 0 radical (unpaired) electrons. The Hall–Kier alpha value is -1.54. The molecule has 2 aromatic heterocycles. The van der Waals surface area contributed by atoms with E-state index in [1.165, 1.54) is 17.4 Å². The summed E-state index contributed by atoms with van der Waals surface area (Å²) in [5.74, 6) is 0. The van der Waals surface area contributed by atoms with Crippen LogP contribution in [0.1, 0.15) is 4.88 Å². The minimum atomic E-state index is -0.390. The molecule has 0 aliphatic rings. The van der Waals surface area contributed by atoms with Gasteiger partial charge in [-0.1, -0.05) is 22.7 Å². The molecule has 2 heterocycles. The van der Waals surface area contributed by atoms with E-state index in [4.69, 9.17) is 0 Å². The largest absolute Gasteiger partial charge is 0.355 e. The number of nitrogens with one attached hydrogen (secondary N) is 1. The quantitative estimate of drug-likeness (QED) is 0.656. The van der Waals surface area contributed by atoms with E-state index in [1.807, 2.05) is 0 Å². The maximum absolute atomic E-state index is 10.4. The average molecular weight is 242 g/mol. The molecule has 0 aromatic carbocycles. The summed E-state index contributed by atoms with van der Waals surface area (Å²) in [6, 6.07) is 3.23. The van der Waals surface area contributed by atoms with E-state index in [1.54, 1.807) is 11.6 Å². The molecule has 0 bridgehead atoms. The molecule has 8 heteroatoms. The number of hydrogen-bond donors (Lipinski definition) is 1. The molecule has 2 rings (SSSR count). The molecule has 1 N–H and O–H groups in total. The number of hydrogen-bond acceptors (Lipinski definition) is 7. The predicted octanol–water partition coefficient (Wildman–Crippen LogP) is 2.12. The first-order chi connectivity index (χ1) is 7.25. The second kappa shape index (κ2) is 4.32. The molecule has 0 unspecified atom stereocenters. The van der Waals surface area contributed by atoms with Gasteiger partial charge in [-0.25, -0.2) is 0 Å². The van der Waals surface area contributed by atoms with Crippen molar-refractivity contribution in [1.82, 2.24) is 10.2 Å². The molecule has 0 saturated carbocycles. The fourth-order valence-electron chi connectivity index (χ4n) is 0.973. The van der Waals surface area contributed by atoms with Crippen molar-refractivity contribution < 1.29 is 4.92 Å². The maximum atomic E-state index is 10.4. The van der Waals surface area contributed by atoms with Gasteiger partial charge in [0, 0.05) is 10.9 Å². The van der Waals surface area contributed by atoms with E-state index < -0.39 is 0 Å². The minimum Gasteiger partial charge on any atom is -0.355 e. The molecule has 78 valence electrons. The van der Waals surface area contributed by atoms with Gasteiger partial charge in [-0.15, -0.1) is 10.2 Å². The van der Waals surface area contributed by atoms with Crippen LogP contribution in [0.25, 0.3) is 0 Å². The van der Waals surface area contributed by atoms with Gasteiger partial charge in [-0.2, -0.15) is 0 Å². The molecular formula is C7H6N4O2S2. The minimum absolute atomic E-state index is 0.157. The summed E-state index contributed by atoms with van der Waals surface area (Å²) >= 11 is 2.55. The Balaban J connectivity index is 1.96. The first-order valence-electron chi connectivity index (χ1n) is 3.99. The fraction of sp³-hybridized carbons (Fsp3) is 0.143. The second-order valence-corrected chi connectivity index (χ2v) is 4.57. The molecule has 6 nitrogen and oxygen atoms in total. The van der Waals surface area contributed by atoms with Gasteiger partial charge in [-0.05, 0) is 6.07 Å².